The molecule has 0 aliphatic rings. The van der Waals surface area contributed by atoms with E-state index in [4.69, 9.17) is 14.8 Å². The van der Waals surface area contributed by atoms with Crippen LogP contribution in [0.4, 0.5) is 0 Å². The average molecular weight is 199 g/mol. The molecule has 0 aromatic heterocycles. The molecule has 6 nitrogen and oxygen atoms in total. The van der Waals surface area contributed by atoms with E-state index in [2.05, 4.69) is 4.18 Å². The first-order valence-corrected chi connectivity index (χ1v) is 4.35. The summed E-state index contributed by atoms with van der Waals surface area (Å²) in [5, 5.41) is 17.2. The van der Waals surface area contributed by atoms with Crippen molar-refractivity contribution in [1.29, 1.82) is 0 Å². The predicted octanol–water partition coefficient (Wildman–Crippen LogP) is -1.27. The van der Waals surface area contributed by atoms with Crippen molar-refractivity contribution in [1.82, 2.24) is 4.90 Å². The van der Waals surface area contributed by atoms with Crippen LogP contribution in [0.2, 0.25) is 0 Å². The predicted molar refractivity (Wildman–Crippen MR) is 42.2 cm³/mol. The minimum Gasteiger partial charge on any atom is -0.381 e. The molecule has 0 saturated carbocycles. The molecule has 0 aromatic carbocycles. The second-order valence-electron chi connectivity index (χ2n) is 2.26. The van der Waals surface area contributed by atoms with Gasteiger partial charge in [-0.15, -0.1) is 0 Å². The third-order valence-corrected chi connectivity index (χ3v) is 1.66. The SMILES string of the molecule is CC(CN(CO)CO)OS(=O)O. The van der Waals surface area contributed by atoms with E-state index in [1.54, 1.807) is 6.92 Å². The van der Waals surface area contributed by atoms with Gasteiger partial charge in [0.05, 0.1) is 19.6 Å². The van der Waals surface area contributed by atoms with Crippen molar-refractivity contribution in [2.45, 2.75) is 13.0 Å². The molecule has 0 saturated heterocycles. The van der Waals surface area contributed by atoms with Crippen molar-refractivity contribution in [3.8, 4) is 0 Å². The van der Waals surface area contributed by atoms with Gasteiger partial charge in [-0.1, -0.05) is 0 Å². The Hall–Kier alpha value is -0.0500. The zero-order valence-corrected chi connectivity index (χ0v) is 7.53. The van der Waals surface area contributed by atoms with E-state index in [1.807, 2.05) is 0 Å². The molecule has 0 spiro atoms. The first kappa shape index (κ1) is 11.9. The second kappa shape index (κ2) is 6.46. The summed E-state index contributed by atoms with van der Waals surface area (Å²) in [6.07, 6.45) is -0.518. The van der Waals surface area contributed by atoms with Crippen molar-refractivity contribution in [3.63, 3.8) is 0 Å². The lowest BCUT2D eigenvalue weighted by Gasteiger charge is -2.19. The van der Waals surface area contributed by atoms with Crippen LogP contribution in [0.25, 0.3) is 0 Å². The normalized spacial score (nSPS) is 16.4. The fourth-order valence-corrected chi connectivity index (χ4v) is 1.04. The molecule has 0 radical (unpaired) electrons. The van der Waals surface area contributed by atoms with Gasteiger partial charge in [0.15, 0.2) is 0 Å². The number of aliphatic hydroxyl groups is 2. The molecule has 0 bridgehead atoms. The van der Waals surface area contributed by atoms with E-state index < -0.39 is 17.5 Å². The second-order valence-corrected chi connectivity index (χ2v) is 2.89. The Kier molecular flexibility index (Phi) is 6.44. The molecular formula is C5H13NO5S. The molecule has 74 valence electrons. The molecule has 3 N–H and O–H groups in total. The van der Waals surface area contributed by atoms with Gasteiger partial charge in [0.1, 0.15) is 0 Å². The molecule has 2 atom stereocenters. The summed E-state index contributed by atoms with van der Waals surface area (Å²) in [5.41, 5.74) is 0. The third-order valence-electron chi connectivity index (χ3n) is 1.16. The number of rotatable bonds is 6. The summed E-state index contributed by atoms with van der Waals surface area (Å²) >= 11 is -2.31. The van der Waals surface area contributed by atoms with E-state index in [0.29, 0.717) is 0 Å². The van der Waals surface area contributed by atoms with Gasteiger partial charge in [-0.2, -0.15) is 4.21 Å². The molecule has 0 rings (SSSR count). The Balaban J connectivity index is 3.65. The van der Waals surface area contributed by atoms with Crippen LogP contribution in [0.5, 0.6) is 0 Å². The number of hydrogen-bond donors (Lipinski definition) is 3. The van der Waals surface area contributed by atoms with Crippen molar-refractivity contribution >= 4 is 11.4 Å². The van der Waals surface area contributed by atoms with E-state index >= 15 is 0 Å². The maximum absolute atomic E-state index is 10.1. The van der Waals surface area contributed by atoms with Crippen LogP contribution in [-0.2, 0) is 15.5 Å². The number of hydrogen-bond acceptors (Lipinski definition) is 5. The summed E-state index contributed by atoms with van der Waals surface area (Å²) in [6, 6.07) is 0. The van der Waals surface area contributed by atoms with Crippen LogP contribution in [0.3, 0.4) is 0 Å². The Labute approximate surface area is 73.2 Å². The molecule has 0 aromatic rings. The maximum atomic E-state index is 10.1. The Morgan fingerprint density at radius 3 is 2.33 bits per heavy atom. The van der Waals surface area contributed by atoms with Crippen LogP contribution in [0, 0.1) is 0 Å². The molecular weight excluding hydrogens is 186 g/mol. The smallest absolute Gasteiger partial charge is 0.302 e. The highest BCUT2D eigenvalue weighted by atomic mass is 32.2. The van der Waals surface area contributed by atoms with Crippen LogP contribution in [-0.4, -0.2) is 50.0 Å². The highest BCUT2D eigenvalue weighted by Crippen LogP contribution is 1.96. The summed E-state index contributed by atoms with van der Waals surface area (Å²) in [6.45, 7) is 1.12. The van der Waals surface area contributed by atoms with Crippen LogP contribution < -0.4 is 0 Å². The monoisotopic (exact) mass is 199 g/mol. The van der Waals surface area contributed by atoms with Crippen molar-refractivity contribution in [3.05, 3.63) is 0 Å². The highest BCUT2D eigenvalue weighted by Gasteiger charge is 2.10. The first-order valence-electron chi connectivity index (χ1n) is 3.32. The molecule has 12 heavy (non-hydrogen) atoms. The van der Waals surface area contributed by atoms with Crippen molar-refractivity contribution in [2.24, 2.45) is 0 Å². The van der Waals surface area contributed by atoms with Crippen molar-refractivity contribution < 1.29 is 23.2 Å². The van der Waals surface area contributed by atoms with Gasteiger partial charge in [-0.05, 0) is 6.92 Å². The minimum absolute atomic E-state index is 0.194. The van der Waals surface area contributed by atoms with E-state index in [1.165, 1.54) is 4.90 Å². The van der Waals surface area contributed by atoms with E-state index in [-0.39, 0.29) is 20.0 Å². The lowest BCUT2D eigenvalue weighted by molar-refractivity contribution is 0.00684. The van der Waals surface area contributed by atoms with Crippen LogP contribution in [0.1, 0.15) is 6.92 Å². The molecule has 0 heterocycles. The molecule has 0 aliphatic heterocycles. The largest absolute Gasteiger partial charge is 0.381 e. The lowest BCUT2D eigenvalue weighted by Crippen LogP contribution is -2.34. The summed E-state index contributed by atoms with van der Waals surface area (Å²) in [7, 11) is 0. The Bertz CT molecular complexity index is 140. The van der Waals surface area contributed by atoms with Gasteiger partial charge in [-0.3, -0.25) is 13.6 Å². The Morgan fingerprint density at radius 1 is 1.50 bits per heavy atom. The van der Waals surface area contributed by atoms with Gasteiger partial charge in [0.25, 0.3) is 0 Å². The zero-order chi connectivity index (χ0) is 9.56. The molecule has 0 aliphatic carbocycles. The summed E-state index contributed by atoms with van der Waals surface area (Å²) in [5.74, 6) is 0. The zero-order valence-electron chi connectivity index (χ0n) is 6.71. The fourth-order valence-electron chi connectivity index (χ4n) is 0.695. The lowest BCUT2D eigenvalue weighted by atomic mass is 10.4. The summed E-state index contributed by atoms with van der Waals surface area (Å²) in [4.78, 5) is 1.25. The van der Waals surface area contributed by atoms with Gasteiger partial charge in [0.2, 0.25) is 0 Å². The van der Waals surface area contributed by atoms with Gasteiger partial charge < -0.3 is 10.2 Å². The van der Waals surface area contributed by atoms with Gasteiger partial charge in [-0.25, -0.2) is 0 Å². The number of aliphatic hydroxyl groups excluding tert-OH is 2. The molecule has 7 heteroatoms. The maximum Gasteiger partial charge on any atom is 0.302 e. The molecule has 0 fully saturated rings. The highest BCUT2D eigenvalue weighted by molar-refractivity contribution is 7.74. The van der Waals surface area contributed by atoms with Crippen LogP contribution >= 0.6 is 0 Å². The first-order chi connectivity index (χ1) is 5.60. The van der Waals surface area contributed by atoms with Gasteiger partial charge in [0, 0.05) is 6.54 Å². The standard InChI is InChI=1S/C5H13NO5S/c1-5(11-12(9)10)2-6(3-7)4-8/h5,7-8H,2-4H2,1H3,(H,9,10). The topological polar surface area (TPSA) is 90.2 Å². The average Bonchev–Trinajstić information content (AvgIpc) is 1.98. The Morgan fingerprint density at radius 2 is 2.00 bits per heavy atom. The third kappa shape index (κ3) is 5.58. The molecule has 0 amide bonds. The van der Waals surface area contributed by atoms with Crippen molar-refractivity contribution in [2.75, 3.05) is 20.0 Å². The quantitative estimate of drug-likeness (QED) is 0.365. The fraction of sp³-hybridized carbons (Fsp3) is 1.00. The van der Waals surface area contributed by atoms with E-state index in [9.17, 15) is 4.21 Å². The minimum atomic E-state index is -2.31. The van der Waals surface area contributed by atoms with Gasteiger partial charge >= 0.3 is 11.4 Å². The van der Waals surface area contributed by atoms with Crippen LogP contribution in [0.15, 0.2) is 0 Å². The molecule has 2 unspecified atom stereocenters. The van der Waals surface area contributed by atoms with E-state index in [0.717, 1.165) is 0 Å². The summed E-state index contributed by atoms with van der Waals surface area (Å²) < 4.78 is 22.8. The number of nitrogens with zero attached hydrogens (tertiary/aromatic N) is 1.